The van der Waals surface area contributed by atoms with E-state index in [9.17, 15) is 4.79 Å². The Labute approximate surface area is 149 Å². The lowest BCUT2D eigenvalue weighted by molar-refractivity contribution is 0.0643. The molecule has 1 aromatic rings. The van der Waals surface area contributed by atoms with Crippen molar-refractivity contribution in [1.29, 1.82) is 0 Å². The second-order valence-electron chi connectivity index (χ2n) is 5.79. The van der Waals surface area contributed by atoms with Gasteiger partial charge in [-0.1, -0.05) is 25.4 Å². The van der Waals surface area contributed by atoms with Crippen molar-refractivity contribution in [2.75, 3.05) is 45.9 Å². The topological polar surface area (TPSA) is 42.0 Å². The maximum atomic E-state index is 12.8. The first kappa shape index (κ1) is 18.9. The van der Waals surface area contributed by atoms with Crippen LogP contribution in [0.3, 0.4) is 0 Å². The fraction of sp³-hybridized carbons (Fsp3) is 0.611. The van der Waals surface area contributed by atoms with Gasteiger partial charge in [-0.15, -0.1) is 0 Å². The minimum atomic E-state index is -0.00403. The molecule has 0 aromatic heterocycles. The molecule has 0 aliphatic carbocycles. The highest BCUT2D eigenvalue weighted by Gasteiger charge is 2.23. The van der Waals surface area contributed by atoms with Crippen molar-refractivity contribution >= 4 is 17.5 Å². The zero-order valence-corrected chi connectivity index (χ0v) is 15.6. The number of likely N-dealkylation sites (N-methyl/N-ethyl adjacent to an activating group) is 1. The van der Waals surface area contributed by atoms with Crippen LogP contribution in [0, 0.1) is 0 Å². The molecule has 1 amide bonds. The molecule has 0 radical (unpaired) electrons. The van der Waals surface area contributed by atoms with Crippen LogP contribution in [0.1, 0.15) is 37.6 Å². The van der Waals surface area contributed by atoms with Crippen LogP contribution in [0.15, 0.2) is 12.1 Å². The SMILES string of the molecule is CCCOc1c(Cl)cc(C(=O)N2CCN(CC)CC2)cc1OCC. The van der Waals surface area contributed by atoms with Gasteiger partial charge in [0.1, 0.15) is 0 Å². The molecule has 1 aliphatic rings. The zero-order chi connectivity index (χ0) is 17.5. The molecule has 1 fully saturated rings. The van der Waals surface area contributed by atoms with Gasteiger partial charge in [-0.2, -0.15) is 0 Å². The molecule has 5 nitrogen and oxygen atoms in total. The molecule has 1 aromatic carbocycles. The summed E-state index contributed by atoms with van der Waals surface area (Å²) >= 11 is 6.35. The Kier molecular flexibility index (Phi) is 7.18. The van der Waals surface area contributed by atoms with Crippen LogP contribution >= 0.6 is 11.6 Å². The number of nitrogens with zero attached hydrogens (tertiary/aromatic N) is 2. The summed E-state index contributed by atoms with van der Waals surface area (Å²) in [5.74, 6) is 1.05. The molecule has 0 N–H and O–H groups in total. The highest BCUT2D eigenvalue weighted by Crippen LogP contribution is 2.37. The summed E-state index contributed by atoms with van der Waals surface area (Å²) in [6.45, 7) is 11.4. The van der Waals surface area contributed by atoms with E-state index in [2.05, 4.69) is 11.8 Å². The molecule has 0 saturated carbocycles. The number of rotatable bonds is 7. The summed E-state index contributed by atoms with van der Waals surface area (Å²) in [4.78, 5) is 17.0. The van der Waals surface area contributed by atoms with Gasteiger partial charge in [0.05, 0.1) is 18.2 Å². The molecule has 2 rings (SSSR count). The van der Waals surface area contributed by atoms with Crippen LogP contribution < -0.4 is 9.47 Å². The molecule has 24 heavy (non-hydrogen) atoms. The number of carbonyl (C=O) groups is 1. The highest BCUT2D eigenvalue weighted by molar-refractivity contribution is 6.32. The van der Waals surface area contributed by atoms with Crippen molar-refractivity contribution in [2.24, 2.45) is 0 Å². The number of ether oxygens (including phenoxy) is 2. The van der Waals surface area contributed by atoms with Gasteiger partial charge in [-0.3, -0.25) is 4.79 Å². The van der Waals surface area contributed by atoms with E-state index >= 15 is 0 Å². The third-order valence-electron chi connectivity index (χ3n) is 4.11. The Balaban J connectivity index is 2.19. The van der Waals surface area contributed by atoms with Gasteiger partial charge in [0.25, 0.3) is 5.91 Å². The Morgan fingerprint density at radius 2 is 1.83 bits per heavy atom. The lowest BCUT2D eigenvalue weighted by Crippen LogP contribution is -2.48. The van der Waals surface area contributed by atoms with Gasteiger partial charge in [0, 0.05) is 31.7 Å². The van der Waals surface area contributed by atoms with E-state index in [1.165, 1.54) is 0 Å². The number of piperazine rings is 1. The minimum absolute atomic E-state index is 0.00403. The smallest absolute Gasteiger partial charge is 0.254 e. The molecular formula is C18H27ClN2O3. The Hall–Kier alpha value is -1.46. The lowest BCUT2D eigenvalue weighted by Gasteiger charge is -2.34. The predicted molar refractivity (Wildman–Crippen MR) is 96.4 cm³/mol. The first-order valence-electron chi connectivity index (χ1n) is 8.71. The second kappa shape index (κ2) is 9.14. The van der Waals surface area contributed by atoms with Crippen molar-refractivity contribution in [1.82, 2.24) is 9.80 Å². The summed E-state index contributed by atoms with van der Waals surface area (Å²) in [6.07, 6.45) is 0.879. The average molecular weight is 355 g/mol. The molecule has 1 heterocycles. The molecule has 6 heteroatoms. The predicted octanol–water partition coefficient (Wildman–Crippen LogP) is 3.31. The van der Waals surface area contributed by atoms with Crippen molar-refractivity contribution in [2.45, 2.75) is 27.2 Å². The minimum Gasteiger partial charge on any atom is -0.490 e. The average Bonchev–Trinajstić information content (AvgIpc) is 2.60. The number of amides is 1. The van der Waals surface area contributed by atoms with Gasteiger partial charge in [0.15, 0.2) is 11.5 Å². The van der Waals surface area contributed by atoms with Gasteiger partial charge in [-0.05, 0) is 32.0 Å². The van der Waals surface area contributed by atoms with Gasteiger partial charge < -0.3 is 19.3 Å². The lowest BCUT2D eigenvalue weighted by atomic mass is 10.1. The highest BCUT2D eigenvalue weighted by atomic mass is 35.5. The first-order valence-corrected chi connectivity index (χ1v) is 9.09. The van der Waals surface area contributed by atoms with Gasteiger partial charge >= 0.3 is 0 Å². The Morgan fingerprint density at radius 1 is 1.12 bits per heavy atom. The van der Waals surface area contributed by atoms with Crippen molar-refractivity contribution < 1.29 is 14.3 Å². The molecule has 134 valence electrons. The van der Waals surface area contributed by atoms with E-state index in [1.807, 2.05) is 18.7 Å². The van der Waals surface area contributed by atoms with E-state index in [0.29, 0.717) is 35.3 Å². The van der Waals surface area contributed by atoms with Crippen LogP contribution in [0.25, 0.3) is 0 Å². The van der Waals surface area contributed by atoms with Gasteiger partial charge in [0.2, 0.25) is 0 Å². The van der Waals surface area contributed by atoms with Crippen LogP contribution in [-0.4, -0.2) is 61.6 Å². The molecule has 1 aliphatic heterocycles. The number of hydrogen-bond donors (Lipinski definition) is 0. The van der Waals surface area contributed by atoms with Crippen LogP contribution in [0.2, 0.25) is 5.02 Å². The monoisotopic (exact) mass is 354 g/mol. The largest absolute Gasteiger partial charge is 0.490 e. The Morgan fingerprint density at radius 3 is 2.42 bits per heavy atom. The maximum absolute atomic E-state index is 12.8. The summed E-state index contributed by atoms with van der Waals surface area (Å²) in [5, 5.41) is 0.421. The number of carbonyl (C=O) groups excluding carboxylic acids is 1. The normalized spacial score (nSPS) is 15.4. The maximum Gasteiger partial charge on any atom is 0.254 e. The number of hydrogen-bond acceptors (Lipinski definition) is 4. The fourth-order valence-corrected chi connectivity index (χ4v) is 3.01. The van der Waals surface area contributed by atoms with E-state index in [4.69, 9.17) is 21.1 Å². The first-order chi connectivity index (χ1) is 11.6. The van der Waals surface area contributed by atoms with Crippen LogP contribution in [0.4, 0.5) is 0 Å². The molecule has 0 atom stereocenters. The van der Waals surface area contributed by atoms with E-state index < -0.39 is 0 Å². The zero-order valence-electron chi connectivity index (χ0n) is 14.8. The number of halogens is 1. The van der Waals surface area contributed by atoms with Crippen molar-refractivity contribution in [3.8, 4) is 11.5 Å². The molecule has 0 bridgehead atoms. The van der Waals surface area contributed by atoms with E-state index in [1.54, 1.807) is 12.1 Å². The van der Waals surface area contributed by atoms with E-state index in [0.717, 1.165) is 39.1 Å². The van der Waals surface area contributed by atoms with Crippen molar-refractivity contribution in [3.05, 3.63) is 22.7 Å². The Bertz CT molecular complexity index is 557. The van der Waals surface area contributed by atoms with Crippen molar-refractivity contribution in [3.63, 3.8) is 0 Å². The summed E-state index contributed by atoms with van der Waals surface area (Å²) < 4.78 is 11.3. The third kappa shape index (κ3) is 4.54. The molecule has 0 spiro atoms. The molecular weight excluding hydrogens is 328 g/mol. The molecule has 1 saturated heterocycles. The standard InChI is InChI=1S/C18H27ClN2O3/c1-4-11-24-17-15(19)12-14(13-16(17)23-6-3)18(22)21-9-7-20(5-2)8-10-21/h12-13H,4-11H2,1-3H3. The van der Waals surface area contributed by atoms with E-state index in [-0.39, 0.29) is 5.91 Å². The third-order valence-corrected chi connectivity index (χ3v) is 4.39. The molecule has 0 unspecified atom stereocenters. The fourth-order valence-electron chi connectivity index (χ4n) is 2.75. The van der Waals surface area contributed by atoms with Gasteiger partial charge in [-0.25, -0.2) is 0 Å². The summed E-state index contributed by atoms with van der Waals surface area (Å²) in [7, 11) is 0. The second-order valence-corrected chi connectivity index (χ2v) is 6.20. The summed E-state index contributed by atoms with van der Waals surface area (Å²) in [6, 6.07) is 3.43. The van der Waals surface area contributed by atoms with Crippen LogP contribution in [0.5, 0.6) is 11.5 Å². The van der Waals surface area contributed by atoms with Crippen LogP contribution in [-0.2, 0) is 0 Å². The number of benzene rings is 1. The summed E-state index contributed by atoms with van der Waals surface area (Å²) in [5.41, 5.74) is 0.553. The quantitative estimate of drug-likeness (QED) is 0.753.